The Morgan fingerprint density at radius 2 is 1.90 bits per heavy atom. The fraction of sp³-hybridized carbons (Fsp3) is 0.250. The van der Waals surface area contributed by atoms with E-state index in [0.717, 1.165) is 11.3 Å². The van der Waals surface area contributed by atoms with Crippen LogP contribution in [-0.2, 0) is 0 Å². The Bertz CT molecular complexity index is 543. The van der Waals surface area contributed by atoms with Gasteiger partial charge in [-0.05, 0) is 36.8 Å². The number of para-hydroxylation sites is 1. The quantitative estimate of drug-likeness (QED) is 0.757. The summed E-state index contributed by atoms with van der Waals surface area (Å²) in [5, 5.41) is 22.5. The SMILES string of the molecule is CCOc1cc(C(CO)Nc2ccccc2)ccc1O. The van der Waals surface area contributed by atoms with Gasteiger partial charge in [0.25, 0.3) is 0 Å². The number of hydrogen-bond donors (Lipinski definition) is 3. The molecule has 1 atom stereocenters. The molecule has 2 rings (SSSR count). The van der Waals surface area contributed by atoms with E-state index in [2.05, 4.69) is 5.32 Å². The summed E-state index contributed by atoms with van der Waals surface area (Å²) in [6, 6.07) is 14.5. The number of benzene rings is 2. The number of aromatic hydroxyl groups is 1. The molecule has 2 aromatic rings. The summed E-state index contributed by atoms with van der Waals surface area (Å²) in [6.45, 7) is 2.29. The Labute approximate surface area is 118 Å². The number of phenols is 1. The molecule has 1 unspecified atom stereocenters. The molecule has 4 nitrogen and oxygen atoms in total. The van der Waals surface area contributed by atoms with Crippen LogP contribution in [0.5, 0.6) is 11.5 Å². The Kier molecular flexibility index (Phi) is 4.85. The maximum atomic E-state index is 9.70. The third-order valence-corrected chi connectivity index (χ3v) is 2.98. The first-order valence-corrected chi connectivity index (χ1v) is 6.62. The highest BCUT2D eigenvalue weighted by Crippen LogP contribution is 2.30. The van der Waals surface area contributed by atoms with Crippen molar-refractivity contribution < 1.29 is 14.9 Å². The fourth-order valence-corrected chi connectivity index (χ4v) is 1.99. The number of aliphatic hydroxyl groups is 1. The highest BCUT2D eigenvalue weighted by atomic mass is 16.5. The van der Waals surface area contributed by atoms with Gasteiger partial charge in [-0.1, -0.05) is 24.3 Å². The fourth-order valence-electron chi connectivity index (χ4n) is 1.99. The zero-order valence-corrected chi connectivity index (χ0v) is 11.4. The van der Waals surface area contributed by atoms with E-state index in [1.54, 1.807) is 18.2 Å². The minimum Gasteiger partial charge on any atom is -0.504 e. The maximum Gasteiger partial charge on any atom is 0.161 e. The average Bonchev–Trinajstić information content (AvgIpc) is 2.48. The number of phenolic OH excluding ortho intramolecular Hbond substituents is 1. The van der Waals surface area contributed by atoms with Gasteiger partial charge in [-0.3, -0.25) is 0 Å². The molecule has 0 heterocycles. The zero-order chi connectivity index (χ0) is 14.4. The van der Waals surface area contributed by atoms with Crippen molar-refractivity contribution in [3.05, 3.63) is 54.1 Å². The molecule has 0 saturated heterocycles. The Hall–Kier alpha value is -2.20. The number of anilines is 1. The van der Waals surface area contributed by atoms with Crippen LogP contribution in [0, 0.1) is 0 Å². The lowest BCUT2D eigenvalue weighted by Gasteiger charge is -2.19. The standard InChI is InChI=1S/C16H19NO3/c1-2-20-16-10-12(8-9-15(16)19)14(11-18)17-13-6-4-3-5-7-13/h3-10,14,17-19H,2,11H2,1H3. The van der Waals surface area contributed by atoms with Crippen LogP contribution in [-0.4, -0.2) is 23.4 Å². The average molecular weight is 273 g/mol. The monoisotopic (exact) mass is 273 g/mol. The van der Waals surface area contributed by atoms with Gasteiger partial charge in [-0.2, -0.15) is 0 Å². The third-order valence-electron chi connectivity index (χ3n) is 2.98. The summed E-state index contributed by atoms with van der Waals surface area (Å²) >= 11 is 0. The molecule has 106 valence electrons. The molecule has 0 fully saturated rings. The van der Waals surface area contributed by atoms with E-state index in [4.69, 9.17) is 4.74 Å². The first kappa shape index (κ1) is 14.2. The number of rotatable bonds is 6. The summed E-state index contributed by atoms with van der Waals surface area (Å²) in [6.07, 6.45) is 0. The summed E-state index contributed by atoms with van der Waals surface area (Å²) in [5.41, 5.74) is 1.79. The van der Waals surface area contributed by atoms with Crippen molar-refractivity contribution in [2.75, 3.05) is 18.5 Å². The molecule has 0 radical (unpaired) electrons. The predicted octanol–water partition coefficient (Wildman–Crippen LogP) is 2.94. The van der Waals surface area contributed by atoms with E-state index in [1.807, 2.05) is 37.3 Å². The van der Waals surface area contributed by atoms with Gasteiger partial charge in [0.05, 0.1) is 19.3 Å². The molecule has 0 aliphatic rings. The smallest absolute Gasteiger partial charge is 0.161 e. The van der Waals surface area contributed by atoms with Crippen LogP contribution >= 0.6 is 0 Å². The van der Waals surface area contributed by atoms with E-state index < -0.39 is 0 Å². The molecular formula is C16H19NO3. The van der Waals surface area contributed by atoms with Crippen LogP contribution in [0.3, 0.4) is 0 Å². The molecule has 0 aliphatic heterocycles. The summed E-state index contributed by atoms with van der Waals surface area (Å²) in [4.78, 5) is 0. The molecule has 0 saturated carbocycles. The van der Waals surface area contributed by atoms with Gasteiger partial charge in [0.2, 0.25) is 0 Å². The van der Waals surface area contributed by atoms with Crippen LogP contribution in [0.4, 0.5) is 5.69 Å². The van der Waals surface area contributed by atoms with E-state index in [1.165, 1.54) is 0 Å². The molecule has 0 spiro atoms. The minimum absolute atomic E-state index is 0.0504. The zero-order valence-electron chi connectivity index (χ0n) is 11.4. The van der Waals surface area contributed by atoms with Gasteiger partial charge < -0.3 is 20.3 Å². The lowest BCUT2D eigenvalue weighted by atomic mass is 10.1. The summed E-state index contributed by atoms with van der Waals surface area (Å²) < 4.78 is 5.36. The maximum absolute atomic E-state index is 9.70. The van der Waals surface area contributed by atoms with E-state index in [-0.39, 0.29) is 18.4 Å². The second-order valence-corrected chi connectivity index (χ2v) is 4.41. The molecule has 2 aromatic carbocycles. The summed E-state index contributed by atoms with van der Waals surface area (Å²) in [7, 11) is 0. The molecular weight excluding hydrogens is 254 g/mol. The Balaban J connectivity index is 2.21. The second-order valence-electron chi connectivity index (χ2n) is 4.41. The lowest BCUT2D eigenvalue weighted by Crippen LogP contribution is -2.14. The van der Waals surface area contributed by atoms with Crippen molar-refractivity contribution in [3.63, 3.8) is 0 Å². The van der Waals surface area contributed by atoms with Crippen LogP contribution in [0.2, 0.25) is 0 Å². The minimum atomic E-state index is -0.253. The number of ether oxygens (including phenoxy) is 1. The number of aliphatic hydroxyl groups excluding tert-OH is 1. The van der Waals surface area contributed by atoms with Crippen molar-refractivity contribution in [1.82, 2.24) is 0 Å². The van der Waals surface area contributed by atoms with Gasteiger partial charge in [0.1, 0.15) is 0 Å². The van der Waals surface area contributed by atoms with Crippen LogP contribution in [0.25, 0.3) is 0 Å². The van der Waals surface area contributed by atoms with Gasteiger partial charge in [-0.15, -0.1) is 0 Å². The first-order valence-electron chi connectivity index (χ1n) is 6.62. The molecule has 0 amide bonds. The lowest BCUT2D eigenvalue weighted by molar-refractivity contribution is 0.275. The van der Waals surface area contributed by atoms with Crippen molar-refractivity contribution in [3.8, 4) is 11.5 Å². The summed E-state index contributed by atoms with van der Waals surface area (Å²) in [5.74, 6) is 0.533. The van der Waals surface area contributed by atoms with E-state index in [0.29, 0.717) is 12.4 Å². The van der Waals surface area contributed by atoms with Crippen LogP contribution < -0.4 is 10.1 Å². The Morgan fingerprint density at radius 1 is 1.15 bits per heavy atom. The molecule has 0 aromatic heterocycles. The van der Waals surface area contributed by atoms with Crippen LogP contribution in [0.1, 0.15) is 18.5 Å². The van der Waals surface area contributed by atoms with Crippen molar-refractivity contribution in [1.29, 1.82) is 0 Å². The van der Waals surface area contributed by atoms with Crippen LogP contribution in [0.15, 0.2) is 48.5 Å². The largest absolute Gasteiger partial charge is 0.504 e. The normalized spacial score (nSPS) is 11.9. The molecule has 0 aliphatic carbocycles. The van der Waals surface area contributed by atoms with E-state index in [9.17, 15) is 10.2 Å². The molecule has 20 heavy (non-hydrogen) atoms. The second kappa shape index (κ2) is 6.82. The third kappa shape index (κ3) is 3.42. The topological polar surface area (TPSA) is 61.7 Å². The Morgan fingerprint density at radius 3 is 2.55 bits per heavy atom. The van der Waals surface area contributed by atoms with Crippen molar-refractivity contribution in [2.45, 2.75) is 13.0 Å². The van der Waals surface area contributed by atoms with Gasteiger partial charge in [-0.25, -0.2) is 0 Å². The highest BCUT2D eigenvalue weighted by Gasteiger charge is 2.13. The molecule has 3 N–H and O–H groups in total. The first-order chi connectivity index (χ1) is 9.74. The van der Waals surface area contributed by atoms with Crippen molar-refractivity contribution in [2.24, 2.45) is 0 Å². The highest BCUT2D eigenvalue weighted by molar-refractivity contribution is 5.48. The predicted molar refractivity (Wildman–Crippen MR) is 79.2 cm³/mol. The number of hydrogen-bond acceptors (Lipinski definition) is 4. The number of nitrogens with one attached hydrogen (secondary N) is 1. The molecule has 4 heteroatoms. The van der Waals surface area contributed by atoms with Gasteiger partial charge in [0, 0.05) is 5.69 Å². The van der Waals surface area contributed by atoms with E-state index >= 15 is 0 Å². The van der Waals surface area contributed by atoms with Gasteiger partial charge in [0.15, 0.2) is 11.5 Å². The van der Waals surface area contributed by atoms with Crippen molar-refractivity contribution >= 4 is 5.69 Å². The molecule has 0 bridgehead atoms. The van der Waals surface area contributed by atoms with Gasteiger partial charge >= 0.3 is 0 Å².